The molecular weight excluding hydrogens is 336 g/mol. The number of nitrogens with one attached hydrogen (secondary N) is 1. The molecule has 3 rings (SSSR count). The van der Waals surface area contributed by atoms with Crippen LogP contribution in [0.1, 0.15) is 36.8 Å². The van der Waals surface area contributed by atoms with Gasteiger partial charge in [0.2, 0.25) is 0 Å². The molecule has 1 aromatic carbocycles. The zero-order valence-corrected chi connectivity index (χ0v) is 15.1. The normalized spacial score (nSPS) is 19.9. The van der Waals surface area contributed by atoms with Gasteiger partial charge in [0.05, 0.1) is 14.2 Å². The topological polar surface area (TPSA) is 84.9 Å². The summed E-state index contributed by atoms with van der Waals surface area (Å²) in [5.41, 5.74) is 1.42. The third-order valence-corrected chi connectivity index (χ3v) is 4.89. The summed E-state index contributed by atoms with van der Waals surface area (Å²) in [5.74, 6) is -0.157. The number of hydrogen-bond donors (Lipinski definition) is 1. The number of aryl methyl sites for hydroxylation is 1. The zero-order valence-electron chi connectivity index (χ0n) is 15.1. The van der Waals surface area contributed by atoms with Gasteiger partial charge in [-0.25, -0.2) is 4.79 Å². The molecule has 0 atom stereocenters. The van der Waals surface area contributed by atoms with Crippen LogP contribution < -0.4 is 14.8 Å². The molecule has 0 bridgehead atoms. The van der Waals surface area contributed by atoms with Crippen LogP contribution in [0.3, 0.4) is 0 Å². The fourth-order valence-electron chi connectivity index (χ4n) is 3.47. The molecule has 1 heterocycles. The van der Waals surface area contributed by atoms with Gasteiger partial charge < -0.3 is 9.47 Å². The Morgan fingerprint density at radius 1 is 1.08 bits per heavy atom. The van der Waals surface area contributed by atoms with Crippen molar-refractivity contribution in [2.24, 2.45) is 0 Å². The first-order chi connectivity index (χ1) is 12.5. The lowest BCUT2D eigenvalue weighted by molar-refractivity contribution is -0.131. The second kappa shape index (κ2) is 7.19. The summed E-state index contributed by atoms with van der Waals surface area (Å²) in [5, 5.41) is 2.28. The van der Waals surface area contributed by atoms with E-state index in [1.54, 1.807) is 19.2 Å². The van der Waals surface area contributed by atoms with E-state index < -0.39 is 17.8 Å². The maximum Gasteiger partial charge on any atom is 0.331 e. The molecule has 2 fully saturated rings. The first-order valence-corrected chi connectivity index (χ1v) is 8.59. The number of amides is 4. The van der Waals surface area contributed by atoms with E-state index in [0.29, 0.717) is 17.1 Å². The van der Waals surface area contributed by atoms with Crippen LogP contribution in [-0.4, -0.2) is 43.0 Å². The van der Waals surface area contributed by atoms with Gasteiger partial charge in [0.1, 0.15) is 5.57 Å². The highest BCUT2D eigenvalue weighted by Gasteiger charge is 2.40. The lowest BCUT2D eigenvalue weighted by Crippen LogP contribution is -2.57. The number of rotatable bonds is 4. The molecule has 0 unspecified atom stereocenters. The van der Waals surface area contributed by atoms with Gasteiger partial charge in [-0.05, 0) is 49.1 Å². The summed E-state index contributed by atoms with van der Waals surface area (Å²) in [6, 6.07) is 2.70. The fourth-order valence-corrected chi connectivity index (χ4v) is 3.47. The SMILES string of the molecule is COc1cc(C)c(/C=C2/C(=O)NC(=O)N(C3CCCC3)C2=O)cc1OC. The molecule has 7 nitrogen and oxygen atoms in total. The van der Waals surface area contributed by atoms with Crippen LogP contribution in [0.2, 0.25) is 0 Å². The number of carbonyl (C=O) groups is 3. The third kappa shape index (κ3) is 3.16. The highest BCUT2D eigenvalue weighted by molar-refractivity contribution is 6.31. The number of carbonyl (C=O) groups excluding carboxylic acids is 3. The predicted octanol–water partition coefficient (Wildman–Crippen LogP) is 2.42. The van der Waals surface area contributed by atoms with E-state index in [-0.39, 0.29) is 11.6 Å². The fraction of sp³-hybridized carbons (Fsp3) is 0.421. The van der Waals surface area contributed by atoms with Crippen molar-refractivity contribution in [2.75, 3.05) is 14.2 Å². The van der Waals surface area contributed by atoms with Crippen molar-refractivity contribution in [3.63, 3.8) is 0 Å². The molecule has 0 radical (unpaired) electrons. The molecule has 1 saturated heterocycles. The van der Waals surface area contributed by atoms with Gasteiger partial charge in [0, 0.05) is 6.04 Å². The number of urea groups is 1. The van der Waals surface area contributed by atoms with Gasteiger partial charge in [-0.3, -0.25) is 19.8 Å². The minimum atomic E-state index is -0.677. The average molecular weight is 358 g/mol. The number of benzene rings is 1. The number of nitrogens with zero attached hydrogens (tertiary/aromatic N) is 1. The molecule has 1 aromatic rings. The Hall–Kier alpha value is -2.83. The summed E-state index contributed by atoms with van der Waals surface area (Å²) < 4.78 is 10.5. The molecule has 4 amide bonds. The first kappa shape index (κ1) is 18.0. The van der Waals surface area contributed by atoms with Crippen molar-refractivity contribution in [3.8, 4) is 11.5 Å². The van der Waals surface area contributed by atoms with Crippen molar-refractivity contribution < 1.29 is 23.9 Å². The van der Waals surface area contributed by atoms with Crippen molar-refractivity contribution in [1.82, 2.24) is 10.2 Å². The Kier molecular flexibility index (Phi) is 4.97. The van der Waals surface area contributed by atoms with Crippen LogP contribution in [-0.2, 0) is 9.59 Å². The van der Waals surface area contributed by atoms with Gasteiger partial charge in [-0.1, -0.05) is 12.8 Å². The molecule has 138 valence electrons. The van der Waals surface area contributed by atoms with Crippen LogP contribution >= 0.6 is 0 Å². The first-order valence-electron chi connectivity index (χ1n) is 8.59. The summed E-state index contributed by atoms with van der Waals surface area (Å²) in [6.07, 6.45) is 5.00. The van der Waals surface area contributed by atoms with E-state index in [9.17, 15) is 14.4 Å². The van der Waals surface area contributed by atoms with Gasteiger partial charge in [-0.2, -0.15) is 0 Å². The monoisotopic (exact) mass is 358 g/mol. The van der Waals surface area contributed by atoms with Crippen molar-refractivity contribution in [2.45, 2.75) is 38.6 Å². The van der Waals surface area contributed by atoms with Crippen molar-refractivity contribution >= 4 is 23.9 Å². The minimum absolute atomic E-state index is 0.0492. The molecule has 1 N–H and O–H groups in total. The van der Waals surface area contributed by atoms with Crippen molar-refractivity contribution in [1.29, 1.82) is 0 Å². The molecule has 26 heavy (non-hydrogen) atoms. The molecule has 0 aromatic heterocycles. The van der Waals surface area contributed by atoms with E-state index in [1.165, 1.54) is 18.1 Å². The van der Waals surface area contributed by atoms with E-state index in [2.05, 4.69) is 5.32 Å². The molecule has 0 spiro atoms. The highest BCUT2D eigenvalue weighted by atomic mass is 16.5. The quantitative estimate of drug-likeness (QED) is 0.660. The number of methoxy groups -OCH3 is 2. The molecular formula is C19H22N2O5. The van der Waals surface area contributed by atoms with E-state index in [0.717, 1.165) is 31.2 Å². The van der Waals surface area contributed by atoms with Crippen LogP contribution in [0.4, 0.5) is 4.79 Å². The second-order valence-corrected chi connectivity index (χ2v) is 6.49. The molecule has 1 saturated carbocycles. The van der Waals surface area contributed by atoms with Gasteiger partial charge in [-0.15, -0.1) is 0 Å². The van der Waals surface area contributed by atoms with Crippen molar-refractivity contribution in [3.05, 3.63) is 28.8 Å². The molecule has 1 aliphatic carbocycles. The molecule has 1 aliphatic heterocycles. The van der Waals surface area contributed by atoms with E-state index in [4.69, 9.17) is 9.47 Å². The lowest BCUT2D eigenvalue weighted by Gasteiger charge is -2.31. The smallest absolute Gasteiger partial charge is 0.331 e. The average Bonchev–Trinajstić information content (AvgIpc) is 3.13. The Balaban J connectivity index is 2.00. The Morgan fingerprint density at radius 3 is 2.31 bits per heavy atom. The Bertz CT molecular complexity index is 793. The van der Waals surface area contributed by atoms with Crippen LogP contribution in [0.25, 0.3) is 6.08 Å². The Morgan fingerprint density at radius 2 is 1.69 bits per heavy atom. The van der Waals surface area contributed by atoms with Gasteiger partial charge in [0.25, 0.3) is 11.8 Å². The molecule has 2 aliphatic rings. The zero-order chi connectivity index (χ0) is 18.8. The van der Waals surface area contributed by atoms with Gasteiger partial charge >= 0.3 is 6.03 Å². The van der Waals surface area contributed by atoms with Crippen LogP contribution in [0.5, 0.6) is 11.5 Å². The number of ether oxygens (including phenoxy) is 2. The van der Waals surface area contributed by atoms with Gasteiger partial charge in [0.15, 0.2) is 11.5 Å². The maximum atomic E-state index is 12.8. The van der Waals surface area contributed by atoms with Crippen LogP contribution in [0, 0.1) is 6.92 Å². The third-order valence-electron chi connectivity index (χ3n) is 4.89. The number of hydrogen-bond acceptors (Lipinski definition) is 5. The predicted molar refractivity (Wildman–Crippen MR) is 94.9 cm³/mol. The summed E-state index contributed by atoms with van der Waals surface area (Å²) >= 11 is 0. The summed E-state index contributed by atoms with van der Waals surface area (Å²) in [6.45, 7) is 1.85. The van der Waals surface area contributed by atoms with E-state index in [1.807, 2.05) is 6.92 Å². The summed E-state index contributed by atoms with van der Waals surface area (Å²) in [4.78, 5) is 38.5. The highest BCUT2D eigenvalue weighted by Crippen LogP contribution is 2.32. The number of imide groups is 2. The standard InChI is InChI=1S/C19H22N2O5/c1-11-8-15(25-2)16(26-3)10-12(11)9-14-17(22)20-19(24)21(18(14)23)13-6-4-5-7-13/h8-10,13H,4-7H2,1-3H3,(H,20,22,24)/b14-9-. The van der Waals surface area contributed by atoms with E-state index >= 15 is 0 Å². The largest absolute Gasteiger partial charge is 0.493 e. The lowest BCUT2D eigenvalue weighted by atomic mass is 10.0. The summed E-state index contributed by atoms with van der Waals surface area (Å²) in [7, 11) is 3.06. The Labute approximate surface area is 151 Å². The molecule has 7 heteroatoms. The minimum Gasteiger partial charge on any atom is -0.493 e. The number of barbiturate groups is 1. The second-order valence-electron chi connectivity index (χ2n) is 6.49. The van der Waals surface area contributed by atoms with Crippen LogP contribution in [0.15, 0.2) is 17.7 Å². The maximum absolute atomic E-state index is 12.8.